The molecule has 3 nitrogen and oxygen atoms in total. The number of thioether (sulfide) groups is 1. The predicted molar refractivity (Wildman–Crippen MR) is 92.5 cm³/mol. The molecular formula is C17H15ClN2OS. The number of halogens is 1. The Bertz CT molecular complexity index is 686. The van der Waals surface area contributed by atoms with Gasteiger partial charge in [0.05, 0.1) is 6.54 Å². The highest BCUT2D eigenvalue weighted by Crippen LogP contribution is 2.22. The number of amidine groups is 1. The monoisotopic (exact) mass is 330 g/mol. The Balaban J connectivity index is 1.66. The number of aliphatic imine (C=N–C) groups is 1. The third kappa shape index (κ3) is 3.51. The fourth-order valence-corrected chi connectivity index (χ4v) is 3.33. The summed E-state index contributed by atoms with van der Waals surface area (Å²) < 4.78 is 0. The van der Waals surface area contributed by atoms with Gasteiger partial charge in [0, 0.05) is 22.9 Å². The Morgan fingerprint density at radius 1 is 1.14 bits per heavy atom. The van der Waals surface area contributed by atoms with Gasteiger partial charge in [0.2, 0.25) is 0 Å². The van der Waals surface area contributed by atoms with Crippen molar-refractivity contribution in [2.45, 2.75) is 5.75 Å². The summed E-state index contributed by atoms with van der Waals surface area (Å²) in [6, 6.07) is 17.1. The van der Waals surface area contributed by atoms with Gasteiger partial charge in [-0.2, -0.15) is 0 Å². The van der Waals surface area contributed by atoms with Gasteiger partial charge < -0.3 is 0 Å². The van der Waals surface area contributed by atoms with E-state index in [0.717, 1.165) is 21.5 Å². The summed E-state index contributed by atoms with van der Waals surface area (Å²) in [6.07, 6.45) is 0. The summed E-state index contributed by atoms with van der Waals surface area (Å²) in [6.45, 7) is 1.32. The van der Waals surface area contributed by atoms with Gasteiger partial charge >= 0.3 is 0 Å². The zero-order valence-electron chi connectivity index (χ0n) is 11.9. The molecule has 5 heteroatoms. The minimum Gasteiger partial charge on any atom is -0.286 e. The second-order valence-corrected chi connectivity index (χ2v) is 6.28. The summed E-state index contributed by atoms with van der Waals surface area (Å²) in [5.41, 5.74) is 1.86. The normalized spacial score (nSPS) is 14.0. The Labute approximate surface area is 139 Å². The summed E-state index contributed by atoms with van der Waals surface area (Å²) in [5, 5.41) is 1.52. The maximum Gasteiger partial charge on any atom is 0.259 e. The zero-order valence-corrected chi connectivity index (χ0v) is 13.5. The molecule has 0 N–H and O–H groups in total. The Hall–Kier alpha value is -1.78. The van der Waals surface area contributed by atoms with Crippen LogP contribution in [0.25, 0.3) is 0 Å². The van der Waals surface area contributed by atoms with E-state index in [2.05, 4.69) is 4.99 Å². The number of hydrogen-bond acceptors (Lipinski definition) is 3. The van der Waals surface area contributed by atoms with Crippen molar-refractivity contribution in [2.24, 2.45) is 4.99 Å². The summed E-state index contributed by atoms with van der Waals surface area (Å²) >= 11 is 7.47. The zero-order chi connectivity index (χ0) is 15.4. The molecule has 2 aromatic rings. The lowest BCUT2D eigenvalue weighted by Crippen LogP contribution is -2.32. The van der Waals surface area contributed by atoms with E-state index in [4.69, 9.17) is 11.6 Å². The number of hydrogen-bond donors (Lipinski definition) is 0. The van der Waals surface area contributed by atoms with Crippen LogP contribution in [0.15, 0.2) is 59.6 Å². The van der Waals surface area contributed by atoms with Gasteiger partial charge in [0.15, 0.2) is 5.17 Å². The molecule has 0 unspecified atom stereocenters. The molecule has 1 aliphatic rings. The minimum atomic E-state index is 0.0143. The van der Waals surface area contributed by atoms with Crippen LogP contribution in [0.5, 0.6) is 0 Å². The Kier molecular flexibility index (Phi) is 4.80. The van der Waals surface area contributed by atoms with Gasteiger partial charge in [0.1, 0.15) is 0 Å². The fraction of sp³-hybridized carbons (Fsp3) is 0.176. The first-order valence-corrected chi connectivity index (χ1v) is 8.39. The molecule has 0 atom stereocenters. The first-order chi connectivity index (χ1) is 10.7. The van der Waals surface area contributed by atoms with E-state index in [1.165, 1.54) is 0 Å². The van der Waals surface area contributed by atoms with Crippen molar-refractivity contribution >= 4 is 34.4 Å². The number of rotatable bonds is 3. The lowest BCUT2D eigenvalue weighted by Gasteiger charge is -2.17. The molecule has 0 aliphatic carbocycles. The van der Waals surface area contributed by atoms with Crippen molar-refractivity contribution < 1.29 is 4.79 Å². The van der Waals surface area contributed by atoms with Gasteiger partial charge in [-0.15, -0.1) is 0 Å². The van der Waals surface area contributed by atoms with Crippen LogP contribution in [0.3, 0.4) is 0 Å². The number of amides is 1. The highest BCUT2D eigenvalue weighted by atomic mass is 35.5. The smallest absolute Gasteiger partial charge is 0.259 e. The Morgan fingerprint density at radius 2 is 1.86 bits per heavy atom. The molecule has 0 spiro atoms. The second-order valence-electron chi connectivity index (χ2n) is 4.90. The summed E-state index contributed by atoms with van der Waals surface area (Å²) in [4.78, 5) is 18.7. The molecule has 1 aliphatic heterocycles. The summed E-state index contributed by atoms with van der Waals surface area (Å²) in [5.74, 6) is 0.787. The molecule has 22 heavy (non-hydrogen) atoms. The fourth-order valence-electron chi connectivity index (χ4n) is 2.20. The van der Waals surface area contributed by atoms with E-state index in [9.17, 15) is 4.79 Å². The maximum atomic E-state index is 12.5. The average molecular weight is 331 g/mol. The molecule has 0 saturated carbocycles. The topological polar surface area (TPSA) is 32.7 Å². The number of benzene rings is 2. The van der Waals surface area contributed by atoms with E-state index in [0.29, 0.717) is 18.7 Å². The van der Waals surface area contributed by atoms with Crippen LogP contribution >= 0.6 is 23.4 Å². The van der Waals surface area contributed by atoms with Gasteiger partial charge in [-0.1, -0.05) is 53.7 Å². The highest BCUT2D eigenvalue weighted by Gasteiger charge is 2.24. The third-order valence-corrected chi connectivity index (χ3v) is 4.69. The van der Waals surface area contributed by atoms with Crippen molar-refractivity contribution in [3.8, 4) is 0 Å². The van der Waals surface area contributed by atoms with Crippen LogP contribution < -0.4 is 0 Å². The number of carbonyl (C=O) groups excluding carboxylic acids is 1. The average Bonchev–Trinajstić information content (AvgIpc) is 3.03. The molecular weight excluding hydrogens is 316 g/mol. The minimum absolute atomic E-state index is 0.0143. The van der Waals surface area contributed by atoms with E-state index < -0.39 is 0 Å². The first-order valence-electron chi connectivity index (χ1n) is 7.02. The van der Waals surface area contributed by atoms with Crippen LogP contribution in [0.4, 0.5) is 0 Å². The van der Waals surface area contributed by atoms with Crippen LogP contribution in [-0.2, 0) is 5.75 Å². The molecule has 0 saturated heterocycles. The quantitative estimate of drug-likeness (QED) is 0.849. The SMILES string of the molecule is O=C(c1ccccc1)N1CCN=C1SCc1ccc(Cl)cc1. The second kappa shape index (κ2) is 6.99. The molecule has 1 amide bonds. The van der Waals surface area contributed by atoms with Crippen LogP contribution in [0, 0.1) is 0 Å². The van der Waals surface area contributed by atoms with Crippen LogP contribution in [0.1, 0.15) is 15.9 Å². The number of nitrogens with zero attached hydrogens (tertiary/aromatic N) is 2. The highest BCUT2D eigenvalue weighted by molar-refractivity contribution is 8.13. The van der Waals surface area contributed by atoms with E-state index >= 15 is 0 Å². The lowest BCUT2D eigenvalue weighted by atomic mass is 10.2. The van der Waals surface area contributed by atoms with Crippen LogP contribution in [-0.4, -0.2) is 29.1 Å². The summed E-state index contributed by atoms with van der Waals surface area (Å²) in [7, 11) is 0. The molecule has 3 rings (SSSR count). The maximum absolute atomic E-state index is 12.5. The van der Waals surface area contributed by atoms with Crippen molar-refractivity contribution in [1.29, 1.82) is 0 Å². The van der Waals surface area contributed by atoms with Gasteiger partial charge in [-0.05, 0) is 29.8 Å². The van der Waals surface area contributed by atoms with Crippen LogP contribution in [0.2, 0.25) is 5.02 Å². The molecule has 0 radical (unpaired) electrons. The van der Waals surface area contributed by atoms with Crippen molar-refractivity contribution in [1.82, 2.24) is 4.90 Å². The Morgan fingerprint density at radius 3 is 2.59 bits per heavy atom. The van der Waals surface area contributed by atoms with Crippen molar-refractivity contribution in [2.75, 3.05) is 13.1 Å². The largest absolute Gasteiger partial charge is 0.286 e. The van der Waals surface area contributed by atoms with E-state index in [1.807, 2.05) is 54.6 Å². The first kappa shape index (κ1) is 15.1. The molecule has 0 fully saturated rings. The van der Waals surface area contributed by atoms with Crippen molar-refractivity contribution in [3.63, 3.8) is 0 Å². The molecule has 0 bridgehead atoms. The van der Waals surface area contributed by atoms with Gasteiger partial charge in [0.25, 0.3) is 5.91 Å². The molecule has 112 valence electrons. The molecule has 1 heterocycles. The third-order valence-electron chi connectivity index (χ3n) is 3.35. The number of carbonyl (C=O) groups is 1. The standard InChI is InChI=1S/C17H15ClN2OS/c18-15-8-6-13(7-9-15)12-22-17-19-10-11-20(17)16(21)14-4-2-1-3-5-14/h1-9H,10-12H2. The predicted octanol–water partition coefficient (Wildman–Crippen LogP) is 4.09. The van der Waals surface area contributed by atoms with E-state index in [-0.39, 0.29) is 5.91 Å². The van der Waals surface area contributed by atoms with E-state index in [1.54, 1.807) is 16.7 Å². The lowest BCUT2D eigenvalue weighted by molar-refractivity contribution is 0.0860. The van der Waals surface area contributed by atoms with Crippen molar-refractivity contribution in [3.05, 3.63) is 70.7 Å². The van der Waals surface area contributed by atoms with Gasteiger partial charge in [-0.25, -0.2) is 0 Å². The molecule has 0 aromatic heterocycles. The molecule has 2 aromatic carbocycles. The van der Waals surface area contributed by atoms with Gasteiger partial charge in [-0.3, -0.25) is 14.7 Å².